The maximum Gasteiger partial charge on any atom is 0.243 e. The van der Waals surface area contributed by atoms with Gasteiger partial charge in [0.25, 0.3) is 0 Å². The molecule has 3 heteroatoms. The molecule has 3 nitrogen and oxygen atoms in total. The third-order valence-electron chi connectivity index (χ3n) is 3.28. The highest BCUT2D eigenvalue weighted by molar-refractivity contribution is 5.97. The lowest BCUT2D eigenvalue weighted by Crippen LogP contribution is -2.48. The smallest absolute Gasteiger partial charge is 0.243 e. The van der Waals surface area contributed by atoms with Crippen LogP contribution in [0.25, 0.3) is 0 Å². The van der Waals surface area contributed by atoms with Gasteiger partial charge < -0.3 is 10.6 Å². The first-order valence-corrected chi connectivity index (χ1v) is 5.74. The summed E-state index contributed by atoms with van der Waals surface area (Å²) in [7, 11) is 0. The Labute approximate surface area is 96.2 Å². The second kappa shape index (κ2) is 4.26. The number of hydrogen-bond acceptors (Lipinski definition) is 2. The Bertz CT molecular complexity index is 414. The summed E-state index contributed by atoms with van der Waals surface area (Å²) in [5.74, 6) is 0.0505. The molecule has 1 aliphatic rings. The van der Waals surface area contributed by atoms with Crippen LogP contribution < -0.4 is 10.6 Å². The summed E-state index contributed by atoms with van der Waals surface area (Å²) in [5.41, 5.74) is 9.22. The fourth-order valence-electron chi connectivity index (χ4n) is 2.05. The summed E-state index contributed by atoms with van der Waals surface area (Å²) in [5, 5.41) is 0. The van der Waals surface area contributed by atoms with Crippen LogP contribution in [0.3, 0.4) is 0 Å². The van der Waals surface area contributed by atoms with Crippen LogP contribution in [-0.4, -0.2) is 18.5 Å². The second-order valence-electron chi connectivity index (χ2n) is 4.51. The number of rotatable bonds is 1. The van der Waals surface area contributed by atoms with E-state index in [-0.39, 0.29) is 11.9 Å². The summed E-state index contributed by atoms with van der Waals surface area (Å²) in [4.78, 5) is 13.7. The molecule has 0 aromatic heterocycles. The molecule has 0 saturated carbocycles. The Balaban J connectivity index is 2.29. The van der Waals surface area contributed by atoms with E-state index in [0.717, 1.165) is 25.1 Å². The normalized spacial score (nSPS) is 21.3. The van der Waals surface area contributed by atoms with Crippen molar-refractivity contribution in [3.8, 4) is 0 Å². The minimum atomic E-state index is -0.324. The number of piperidine rings is 1. The van der Waals surface area contributed by atoms with E-state index in [2.05, 4.69) is 26.0 Å². The zero-order valence-electron chi connectivity index (χ0n) is 9.86. The Morgan fingerprint density at radius 3 is 2.75 bits per heavy atom. The van der Waals surface area contributed by atoms with Gasteiger partial charge in [0.15, 0.2) is 0 Å². The molecule has 0 radical (unpaired) electrons. The molecule has 1 fully saturated rings. The summed E-state index contributed by atoms with van der Waals surface area (Å²) >= 11 is 0. The highest BCUT2D eigenvalue weighted by atomic mass is 16.2. The van der Waals surface area contributed by atoms with Crippen molar-refractivity contribution in [1.29, 1.82) is 0 Å². The van der Waals surface area contributed by atoms with Gasteiger partial charge in [-0.3, -0.25) is 4.79 Å². The van der Waals surface area contributed by atoms with Crippen molar-refractivity contribution >= 4 is 11.6 Å². The van der Waals surface area contributed by atoms with Gasteiger partial charge >= 0.3 is 0 Å². The number of nitrogens with zero attached hydrogens (tertiary/aromatic N) is 1. The van der Waals surface area contributed by atoms with Crippen LogP contribution in [0, 0.1) is 13.8 Å². The van der Waals surface area contributed by atoms with E-state index in [9.17, 15) is 4.79 Å². The van der Waals surface area contributed by atoms with Crippen LogP contribution in [0.4, 0.5) is 5.69 Å². The summed E-state index contributed by atoms with van der Waals surface area (Å²) in [6, 6.07) is 5.79. The second-order valence-corrected chi connectivity index (χ2v) is 4.51. The van der Waals surface area contributed by atoms with Crippen molar-refractivity contribution in [2.24, 2.45) is 5.73 Å². The number of benzene rings is 1. The molecule has 1 aliphatic heterocycles. The first kappa shape index (κ1) is 11.1. The molecule has 1 unspecified atom stereocenters. The van der Waals surface area contributed by atoms with Gasteiger partial charge in [-0.05, 0) is 49.9 Å². The van der Waals surface area contributed by atoms with Crippen LogP contribution in [0.5, 0.6) is 0 Å². The van der Waals surface area contributed by atoms with E-state index in [1.165, 1.54) is 11.1 Å². The number of aryl methyl sites for hydroxylation is 2. The van der Waals surface area contributed by atoms with Crippen LogP contribution in [-0.2, 0) is 4.79 Å². The number of nitrogens with two attached hydrogens (primary N) is 1. The fraction of sp³-hybridized carbons (Fsp3) is 0.462. The molecule has 1 aromatic rings. The average molecular weight is 218 g/mol. The first-order chi connectivity index (χ1) is 7.59. The van der Waals surface area contributed by atoms with Crippen molar-refractivity contribution in [2.75, 3.05) is 11.4 Å². The Morgan fingerprint density at radius 1 is 1.31 bits per heavy atom. The maximum absolute atomic E-state index is 11.9. The summed E-state index contributed by atoms with van der Waals surface area (Å²) in [6.07, 6.45) is 1.79. The van der Waals surface area contributed by atoms with Gasteiger partial charge in [-0.25, -0.2) is 0 Å². The van der Waals surface area contributed by atoms with Crippen molar-refractivity contribution < 1.29 is 4.79 Å². The van der Waals surface area contributed by atoms with Gasteiger partial charge in [0.2, 0.25) is 5.91 Å². The SMILES string of the molecule is Cc1ccc(N2CCCC(N)C2=O)cc1C. The van der Waals surface area contributed by atoms with Crippen LogP contribution >= 0.6 is 0 Å². The number of anilines is 1. The first-order valence-electron chi connectivity index (χ1n) is 5.74. The molecule has 1 atom stereocenters. The molecule has 0 spiro atoms. The third kappa shape index (κ3) is 1.95. The lowest BCUT2D eigenvalue weighted by atomic mass is 10.0. The van der Waals surface area contributed by atoms with Crippen LogP contribution in [0.2, 0.25) is 0 Å². The number of carbonyl (C=O) groups excluding carboxylic acids is 1. The molecule has 1 saturated heterocycles. The van der Waals surface area contributed by atoms with Crippen molar-refractivity contribution in [2.45, 2.75) is 32.7 Å². The zero-order chi connectivity index (χ0) is 11.7. The Hall–Kier alpha value is -1.35. The third-order valence-corrected chi connectivity index (χ3v) is 3.28. The minimum Gasteiger partial charge on any atom is -0.320 e. The lowest BCUT2D eigenvalue weighted by molar-refractivity contribution is -0.120. The van der Waals surface area contributed by atoms with E-state index < -0.39 is 0 Å². The predicted octanol–water partition coefficient (Wildman–Crippen LogP) is 1.76. The van der Waals surface area contributed by atoms with Crippen molar-refractivity contribution in [3.63, 3.8) is 0 Å². The molecule has 16 heavy (non-hydrogen) atoms. The van der Waals surface area contributed by atoms with E-state index >= 15 is 0 Å². The van der Waals surface area contributed by atoms with Gasteiger partial charge in [-0.15, -0.1) is 0 Å². The van der Waals surface area contributed by atoms with Crippen LogP contribution in [0.15, 0.2) is 18.2 Å². The van der Waals surface area contributed by atoms with E-state index in [0.29, 0.717) is 0 Å². The summed E-state index contributed by atoms with van der Waals surface area (Å²) < 4.78 is 0. The molecule has 2 N–H and O–H groups in total. The zero-order valence-corrected chi connectivity index (χ0v) is 9.86. The highest BCUT2D eigenvalue weighted by Gasteiger charge is 2.26. The fourth-order valence-corrected chi connectivity index (χ4v) is 2.05. The molecule has 86 valence electrons. The van der Waals surface area contributed by atoms with E-state index in [4.69, 9.17) is 5.73 Å². The largest absolute Gasteiger partial charge is 0.320 e. The lowest BCUT2D eigenvalue weighted by Gasteiger charge is -2.30. The monoisotopic (exact) mass is 218 g/mol. The average Bonchev–Trinajstić information content (AvgIpc) is 2.26. The molecule has 2 rings (SSSR count). The van der Waals surface area contributed by atoms with Gasteiger partial charge in [0.1, 0.15) is 0 Å². The number of hydrogen-bond donors (Lipinski definition) is 1. The van der Waals surface area contributed by atoms with E-state index in [1.54, 1.807) is 4.90 Å². The molecular formula is C13H18N2O. The van der Waals surface area contributed by atoms with Gasteiger partial charge in [-0.2, -0.15) is 0 Å². The molecule has 1 amide bonds. The minimum absolute atomic E-state index is 0.0505. The molecule has 0 bridgehead atoms. The summed E-state index contributed by atoms with van der Waals surface area (Å²) in [6.45, 7) is 4.92. The van der Waals surface area contributed by atoms with Crippen LogP contribution in [0.1, 0.15) is 24.0 Å². The Morgan fingerprint density at radius 2 is 2.06 bits per heavy atom. The van der Waals surface area contributed by atoms with Gasteiger partial charge in [0, 0.05) is 12.2 Å². The maximum atomic E-state index is 11.9. The van der Waals surface area contributed by atoms with Crippen molar-refractivity contribution in [3.05, 3.63) is 29.3 Å². The number of carbonyl (C=O) groups is 1. The molecule has 1 heterocycles. The van der Waals surface area contributed by atoms with Gasteiger partial charge in [-0.1, -0.05) is 6.07 Å². The van der Waals surface area contributed by atoms with E-state index in [1.807, 2.05) is 6.07 Å². The Kier molecular flexibility index (Phi) is 2.97. The predicted molar refractivity (Wildman–Crippen MR) is 65.5 cm³/mol. The standard InChI is InChI=1S/C13H18N2O/c1-9-5-6-11(8-10(9)2)15-7-3-4-12(14)13(15)16/h5-6,8,12H,3-4,7,14H2,1-2H3. The molecule has 1 aromatic carbocycles. The highest BCUT2D eigenvalue weighted by Crippen LogP contribution is 2.22. The number of amides is 1. The van der Waals surface area contributed by atoms with Crippen molar-refractivity contribution in [1.82, 2.24) is 0 Å². The quantitative estimate of drug-likeness (QED) is 0.780. The van der Waals surface area contributed by atoms with Gasteiger partial charge in [0.05, 0.1) is 6.04 Å². The topological polar surface area (TPSA) is 46.3 Å². The molecule has 0 aliphatic carbocycles. The molecular weight excluding hydrogens is 200 g/mol.